The molecule has 5 nitrogen and oxygen atoms in total. The SMILES string of the molecule is COC(=O)c1nc(C)n(-c2cccc(C)c2C)c1N. The Morgan fingerprint density at radius 1 is 1.32 bits per heavy atom. The molecule has 0 saturated carbocycles. The van der Waals surface area contributed by atoms with Gasteiger partial charge in [0, 0.05) is 0 Å². The molecule has 5 heteroatoms. The molecule has 0 aliphatic heterocycles. The number of nitrogen functional groups attached to an aromatic ring is 1. The molecule has 0 aliphatic carbocycles. The number of benzene rings is 1. The minimum absolute atomic E-state index is 0.154. The first-order valence-electron chi connectivity index (χ1n) is 5.97. The van der Waals surface area contributed by atoms with Crippen LogP contribution in [0.4, 0.5) is 5.82 Å². The zero-order valence-corrected chi connectivity index (χ0v) is 11.5. The average molecular weight is 259 g/mol. The lowest BCUT2D eigenvalue weighted by molar-refractivity contribution is 0.0596. The largest absolute Gasteiger partial charge is 0.464 e. The molecular formula is C14H17N3O2. The summed E-state index contributed by atoms with van der Waals surface area (Å²) in [4.78, 5) is 15.8. The summed E-state index contributed by atoms with van der Waals surface area (Å²) < 4.78 is 6.45. The van der Waals surface area contributed by atoms with Crippen molar-refractivity contribution in [2.45, 2.75) is 20.8 Å². The van der Waals surface area contributed by atoms with E-state index in [1.807, 2.05) is 39.0 Å². The van der Waals surface area contributed by atoms with Crippen LogP contribution in [0.25, 0.3) is 5.69 Å². The number of aromatic nitrogens is 2. The molecule has 0 bridgehead atoms. The van der Waals surface area contributed by atoms with E-state index < -0.39 is 5.97 Å². The van der Waals surface area contributed by atoms with Gasteiger partial charge in [0.25, 0.3) is 0 Å². The number of methoxy groups -OCH3 is 1. The van der Waals surface area contributed by atoms with Gasteiger partial charge in [0.05, 0.1) is 12.8 Å². The first kappa shape index (κ1) is 13.1. The van der Waals surface area contributed by atoms with Gasteiger partial charge in [0.15, 0.2) is 5.69 Å². The van der Waals surface area contributed by atoms with E-state index in [0.29, 0.717) is 11.6 Å². The van der Waals surface area contributed by atoms with E-state index in [1.54, 1.807) is 4.57 Å². The second-order valence-corrected chi connectivity index (χ2v) is 4.44. The maximum Gasteiger partial charge on any atom is 0.360 e. The highest BCUT2D eigenvalue weighted by atomic mass is 16.5. The number of rotatable bonds is 2. The summed E-state index contributed by atoms with van der Waals surface area (Å²) in [6.45, 7) is 5.86. The third-order valence-corrected chi connectivity index (χ3v) is 3.28. The smallest absolute Gasteiger partial charge is 0.360 e. The van der Waals surface area contributed by atoms with Gasteiger partial charge in [-0.1, -0.05) is 12.1 Å². The van der Waals surface area contributed by atoms with E-state index in [1.165, 1.54) is 7.11 Å². The van der Waals surface area contributed by atoms with E-state index in [4.69, 9.17) is 5.73 Å². The van der Waals surface area contributed by atoms with E-state index in [2.05, 4.69) is 9.72 Å². The Kier molecular flexibility index (Phi) is 3.29. The van der Waals surface area contributed by atoms with Crippen molar-refractivity contribution in [2.75, 3.05) is 12.8 Å². The molecule has 0 spiro atoms. The monoisotopic (exact) mass is 259 g/mol. The van der Waals surface area contributed by atoms with Crippen LogP contribution in [0, 0.1) is 20.8 Å². The molecule has 1 aromatic carbocycles. The summed E-state index contributed by atoms with van der Waals surface area (Å²) in [5.41, 5.74) is 9.37. The number of hydrogen-bond donors (Lipinski definition) is 1. The quantitative estimate of drug-likeness (QED) is 0.839. The molecule has 0 atom stereocenters. The van der Waals surface area contributed by atoms with Crippen molar-refractivity contribution in [3.8, 4) is 5.69 Å². The van der Waals surface area contributed by atoms with Gasteiger partial charge >= 0.3 is 5.97 Å². The van der Waals surface area contributed by atoms with Crippen molar-refractivity contribution >= 4 is 11.8 Å². The summed E-state index contributed by atoms with van der Waals surface area (Å²) >= 11 is 0. The molecule has 2 rings (SSSR count). The maximum atomic E-state index is 11.6. The van der Waals surface area contributed by atoms with Crippen molar-refractivity contribution in [2.24, 2.45) is 0 Å². The van der Waals surface area contributed by atoms with Crippen LogP contribution >= 0.6 is 0 Å². The zero-order valence-electron chi connectivity index (χ0n) is 11.5. The molecule has 0 amide bonds. The van der Waals surface area contributed by atoms with E-state index in [-0.39, 0.29) is 5.69 Å². The molecule has 0 saturated heterocycles. The van der Waals surface area contributed by atoms with Crippen molar-refractivity contribution in [3.63, 3.8) is 0 Å². The van der Waals surface area contributed by atoms with Crippen molar-refractivity contribution in [1.29, 1.82) is 0 Å². The van der Waals surface area contributed by atoms with Crippen LogP contribution in [0.1, 0.15) is 27.4 Å². The first-order valence-corrected chi connectivity index (χ1v) is 5.97. The molecule has 100 valence electrons. The lowest BCUT2D eigenvalue weighted by Gasteiger charge is -2.12. The third kappa shape index (κ3) is 2.07. The number of esters is 1. The Morgan fingerprint density at radius 2 is 2.00 bits per heavy atom. The molecule has 19 heavy (non-hydrogen) atoms. The number of ether oxygens (including phenoxy) is 1. The summed E-state index contributed by atoms with van der Waals surface area (Å²) in [5.74, 6) is 0.439. The van der Waals surface area contributed by atoms with Crippen molar-refractivity contribution < 1.29 is 9.53 Å². The normalized spacial score (nSPS) is 10.5. The van der Waals surface area contributed by atoms with Gasteiger partial charge in [-0.3, -0.25) is 4.57 Å². The van der Waals surface area contributed by atoms with Gasteiger partial charge in [-0.25, -0.2) is 9.78 Å². The van der Waals surface area contributed by atoms with Crippen LogP contribution in [0.2, 0.25) is 0 Å². The summed E-state index contributed by atoms with van der Waals surface area (Å²) in [7, 11) is 1.31. The highest BCUT2D eigenvalue weighted by molar-refractivity contribution is 5.92. The fraction of sp³-hybridized carbons (Fsp3) is 0.286. The van der Waals surface area contributed by atoms with Crippen molar-refractivity contribution in [3.05, 3.63) is 40.8 Å². The predicted octanol–water partition coefficient (Wildman–Crippen LogP) is 2.17. The van der Waals surface area contributed by atoms with Crippen LogP contribution in [-0.2, 0) is 4.74 Å². The molecule has 0 unspecified atom stereocenters. The predicted molar refractivity (Wildman–Crippen MR) is 73.5 cm³/mol. The Labute approximate surface area is 112 Å². The van der Waals surface area contributed by atoms with Gasteiger partial charge in [-0.2, -0.15) is 0 Å². The molecule has 0 radical (unpaired) electrons. The number of anilines is 1. The van der Waals surface area contributed by atoms with Crippen LogP contribution < -0.4 is 5.73 Å². The number of carbonyl (C=O) groups is 1. The first-order chi connectivity index (χ1) is 8.97. The number of aryl methyl sites for hydroxylation is 2. The molecule has 0 aliphatic rings. The number of hydrogen-bond acceptors (Lipinski definition) is 4. The van der Waals surface area contributed by atoms with Crippen molar-refractivity contribution in [1.82, 2.24) is 9.55 Å². The second-order valence-electron chi connectivity index (χ2n) is 4.44. The van der Waals surface area contributed by atoms with E-state index in [0.717, 1.165) is 16.8 Å². The summed E-state index contributed by atoms with van der Waals surface area (Å²) in [6.07, 6.45) is 0. The standard InChI is InChI=1S/C14H17N3O2/c1-8-6-5-7-11(9(8)2)17-10(3)16-12(13(17)15)14(18)19-4/h5-7H,15H2,1-4H3. The lowest BCUT2D eigenvalue weighted by Crippen LogP contribution is -2.08. The van der Waals surface area contributed by atoms with Gasteiger partial charge in [0.2, 0.25) is 0 Å². The molecule has 1 aromatic heterocycles. The lowest BCUT2D eigenvalue weighted by atomic mass is 10.1. The van der Waals surface area contributed by atoms with E-state index >= 15 is 0 Å². The van der Waals surface area contributed by atoms with Crippen LogP contribution in [0.5, 0.6) is 0 Å². The van der Waals surface area contributed by atoms with Crippen LogP contribution in [0.3, 0.4) is 0 Å². The van der Waals surface area contributed by atoms with Crippen LogP contribution in [-0.4, -0.2) is 22.6 Å². The molecular weight excluding hydrogens is 242 g/mol. The number of imidazole rings is 1. The topological polar surface area (TPSA) is 70.1 Å². The Morgan fingerprint density at radius 3 is 2.63 bits per heavy atom. The Balaban J connectivity index is 2.67. The zero-order chi connectivity index (χ0) is 14.2. The number of nitrogens with zero attached hydrogens (tertiary/aromatic N) is 2. The molecule has 2 aromatic rings. The molecule has 2 N–H and O–H groups in total. The number of nitrogens with two attached hydrogens (primary N) is 1. The fourth-order valence-electron chi connectivity index (χ4n) is 2.08. The Bertz CT molecular complexity index is 644. The Hall–Kier alpha value is -2.30. The van der Waals surface area contributed by atoms with Gasteiger partial charge in [-0.05, 0) is 38.0 Å². The minimum atomic E-state index is -0.523. The minimum Gasteiger partial charge on any atom is -0.464 e. The maximum absolute atomic E-state index is 11.6. The highest BCUT2D eigenvalue weighted by Crippen LogP contribution is 2.25. The van der Waals surface area contributed by atoms with Gasteiger partial charge < -0.3 is 10.5 Å². The van der Waals surface area contributed by atoms with E-state index in [9.17, 15) is 4.79 Å². The van der Waals surface area contributed by atoms with Crippen LogP contribution in [0.15, 0.2) is 18.2 Å². The third-order valence-electron chi connectivity index (χ3n) is 3.28. The molecule has 0 fully saturated rings. The highest BCUT2D eigenvalue weighted by Gasteiger charge is 2.20. The average Bonchev–Trinajstić information content (AvgIpc) is 2.68. The van der Waals surface area contributed by atoms with Gasteiger partial charge in [0.1, 0.15) is 11.6 Å². The fourth-order valence-corrected chi connectivity index (χ4v) is 2.08. The molecule has 1 heterocycles. The second kappa shape index (κ2) is 4.76. The van der Waals surface area contributed by atoms with Gasteiger partial charge in [-0.15, -0.1) is 0 Å². The summed E-state index contributed by atoms with van der Waals surface area (Å²) in [5, 5.41) is 0. The number of carbonyl (C=O) groups excluding carboxylic acids is 1. The summed E-state index contributed by atoms with van der Waals surface area (Å²) in [6, 6.07) is 5.94.